The van der Waals surface area contributed by atoms with Gasteiger partial charge in [0.05, 0.1) is 13.2 Å². The minimum absolute atomic E-state index is 0.0590. The second-order valence-electron chi connectivity index (χ2n) is 30.5. The second kappa shape index (κ2) is 83.0. The standard InChI is InChI=1S/C86H172NO8P/c1-3-5-7-9-11-13-15-17-19-21-23-25-27-29-31-33-35-37-39-41-42-43-45-47-49-51-53-55-57-59-61-63-65-67-69-71-73-75-77-79-86(89)95-84(83-94-96(90,91)93-81-80-87)82-92-85(88)78-76-74-72-70-68-66-64-62-60-58-56-54-52-50-48-46-44-40-38-36-34-32-30-28-26-24-22-20-18-16-14-12-10-8-6-4-2/h84H,3-83,87H2,1-2H3,(H,90,91). The topological polar surface area (TPSA) is 134 Å². The van der Waals surface area contributed by atoms with Crippen LogP contribution < -0.4 is 5.73 Å². The summed E-state index contributed by atoms with van der Waals surface area (Å²) in [6.07, 6.45) is 103. The molecule has 0 radical (unpaired) electrons. The van der Waals surface area contributed by atoms with E-state index in [0.717, 1.165) is 32.1 Å². The van der Waals surface area contributed by atoms with E-state index in [4.69, 9.17) is 24.3 Å². The molecule has 96 heavy (non-hydrogen) atoms. The van der Waals surface area contributed by atoms with E-state index in [9.17, 15) is 19.0 Å². The van der Waals surface area contributed by atoms with Crippen LogP contribution in [0, 0.1) is 0 Å². The van der Waals surface area contributed by atoms with E-state index in [2.05, 4.69) is 13.8 Å². The summed E-state index contributed by atoms with van der Waals surface area (Å²) < 4.78 is 33.3. The smallest absolute Gasteiger partial charge is 0.462 e. The van der Waals surface area contributed by atoms with E-state index in [1.807, 2.05) is 0 Å². The average Bonchev–Trinajstić information content (AvgIpc) is 3.21. The molecule has 9 nitrogen and oxygen atoms in total. The van der Waals surface area contributed by atoms with Crippen molar-refractivity contribution >= 4 is 19.8 Å². The van der Waals surface area contributed by atoms with Crippen LogP contribution in [0.4, 0.5) is 0 Å². The fourth-order valence-corrected chi connectivity index (χ4v) is 15.0. The minimum atomic E-state index is -4.39. The number of unbranched alkanes of at least 4 members (excludes halogenated alkanes) is 73. The van der Waals surface area contributed by atoms with E-state index in [0.29, 0.717) is 12.8 Å². The number of carbonyl (C=O) groups is 2. The first-order chi connectivity index (χ1) is 47.3. The van der Waals surface area contributed by atoms with Crippen LogP contribution in [-0.4, -0.2) is 49.3 Å². The lowest BCUT2D eigenvalue weighted by atomic mass is 10.0. The van der Waals surface area contributed by atoms with Crippen molar-refractivity contribution in [1.29, 1.82) is 0 Å². The van der Waals surface area contributed by atoms with E-state index in [-0.39, 0.29) is 32.1 Å². The van der Waals surface area contributed by atoms with Crippen molar-refractivity contribution in [2.75, 3.05) is 26.4 Å². The molecule has 0 aromatic rings. The lowest BCUT2D eigenvalue weighted by Crippen LogP contribution is -2.29. The third-order valence-electron chi connectivity index (χ3n) is 20.7. The zero-order valence-electron chi connectivity index (χ0n) is 65.2. The highest BCUT2D eigenvalue weighted by Gasteiger charge is 2.26. The summed E-state index contributed by atoms with van der Waals surface area (Å²) in [4.78, 5) is 35.5. The van der Waals surface area contributed by atoms with Gasteiger partial charge in [-0.2, -0.15) is 0 Å². The number of ether oxygens (including phenoxy) is 2. The maximum absolute atomic E-state index is 12.8. The Bertz CT molecular complexity index is 1530. The van der Waals surface area contributed by atoms with Crippen LogP contribution >= 0.6 is 7.82 Å². The van der Waals surface area contributed by atoms with Crippen LogP contribution in [0.1, 0.15) is 508 Å². The Kier molecular flexibility index (Phi) is 82.1. The minimum Gasteiger partial charge on any atom is -0.462 e. The normalized spacial score (nSPS) is 12.7. The first-order valence-corrected chi connectivity index (χ1v) is 45.5. The lowest BCUT2D eigenvalue weighted by molar-refractivity contribution is -0.161. The van der Waals surface area contributed by atoms with Gasteiger partial charge in [0.25, 0.3) is 0 Å². The fourth-order valence-electron chi connectivity index (χ4n) is 14.2. The van der Waals surface area contributed by atoms with Crippen molar-refractivity contribution < 1.29 is 37.6 Å². The molecule has 0 fully saturated rings. The molecule has 3 N–H and O–H groups in total. The van der Waals surface area contributed by atoms with Gasteiger partial charge < -0.3 is 20.1 Å². The molecule has 2 unspecified atom stereocenters. The van der Waals surface area contributed by atoms with E-state index in [1.54, 1.807) is 0 Å². The van der Waals surface area contributed by atoms with Crippen molar-refractivity contribution in [3.63, 3.8) is 0 Å². The summed E-state index contributed by atoms with van der Waals surface area (Å²) in [5, 5.41) is 0. The largest absolute Gasteiger partial charge is 0.472 e. The molecule has 0 saturated heterocycles. The highest BCUT2D eigenvalue weighted by molar-refractivity contribution is 7.47. The van der Waals surface area contributed by atoms with Gasteiger partial charge in [-0.1, -0.05) is 483 Å². The molecule has 0 bridgehead atoms. The molecule has 0 aromatic carbocycles. The van der Waals surface area contributed by atoms with Gasteiger partial charge in [0.15, 0.2) is 6.10 Å². The number of nitrogens with two attached hydrogens (primary N) is 1. The van der Waals surface area contributed by atoms with Crippen LogP contribution in [0.3, 0.4) is 0 Å². The van der Waals surface area contributed by atoms with Gasteiger partial charge in [0, 0.05) is 19.4 Å². The molecule has 0 aliphatic carbocycles. The fraction of sp³-hybridized carbons (Fsp3) is 0.977. The van der Waals surface area contributed by atoms with Crippen molar-refractivity contribution in [1.82, 2.24) is 0 Å². The summed E-state index contributed by atoms with van der Waals surface area (Å²) in [7, 11) is -4.39. The van der Waals surface area contributed by atoms with Gasteiger partial charge in [0.2, 0.25) is 0 Å². The molecule has 0 rings (SSSR count). The third kappa shape index (κ3) is 82.0. The molecule has 2 atom stereocenters. The van der Waals surface area contributed by atoms with Gasteiger partial charge in [-0.3, -0.25) is 18.6 Å². The third-order valence-corrected chi connectivity index (χ3v) is 21.7. The summed E-state index contributed by atoms with van der Waals surface area (Å²) in [5.41, 5.74) is 5.42. The number of carbonyl (C=O) groups excluding carboxylic acids is 2. The summed E-state index contributed by atoms with van der Waals surface area (Å²) in [6, 6.07) is 0. The summed E-state index contributed by atoms with van der Waals surface area (Å²) in [6.45, 7) is 3.87. The first-order valence-electron chi connectivity index (χ1n) is 44.0. The van der Waals surface area contributed by atoms with Crippen molar-refractivity contribution in [3.8, 4) is 0 Å². The Morgan fingerprint density at radius 2 is 0.448 bits per heavy atom. The molecule has 574 valence electrons. The van der Waals surface area contributed by atoms with Gasteiger partial charge in [-0.05, 0) is 12.8 Å². The Labute approximate surface area is 600 Å². The van der Waals surface area contributed by atoms with Crippen LogP contribution in [-0.2, 0) is 32.7 Å². The summed E-state index contributed by atoms with van der Waals surface area (Å²) >= 11 is 0. The van der Waals surface area contributed by atoms with Crippen LogP contribution in [0.2, 0.25) is 0 Å². The molecule has 10 heteroatoms. The van der Waals surface area contributed by atoms with Crippen molar-refractivity contribution in [3.05, 3.63) is 0 Å². The lowest BCUT2D eigenvalue weighted by Gasteiger charge is -2.19. The summed E-state index contributed by atoms with van der Waals surface area (Å²) in [5.74, 6) is -0.792. The quantitative estimate of drug-likeness (QED) is 0.0347. The van der Waals surface area contributed by atoms with Crippen LogP contribution in [0.25, 0.3) is 0 Å². The van der Waals surface area contributed by atoms with Gasteiger partial charge in [-0.25, -0.2) is 4.57 Å². The molecule has 0 aliphatic rings. The maximum atomic E-state index is 12.8. The number of hydrogen-bond donors (Lipinski definition) is 2. The number of phosphoric ester groups is 1. The molecule has 0 spiro atoms. The number of hydrogen-bond acceptors (Lipinski definition) is 8. The molecule has 0 aliphatic heterocycles. The predicted molar refractivity (Wildman–Crippen MR) is 418 cm³/mol. The average molecular weight is 1380 g/mol. The van der Waals surface area contributed by atoms with E-state index < -0.39 is 26.5 Å². The number of rotatable bonds is 86. The molecular weight excluding hydrogens is 1210 g/mol. The number of phosphoric acid groups is 1. The van der Waals surface area contributed by atoms with Crippen LogP contribution in [0.15, 0.2) is 0 Å². The maximum Gasteiger partial charge on any atom is 0.472 e. The second-order valence-corrected chi connectivity index (χ2v) is 31.9. The Morgan fingerprint density at radius 1 is 0.271 bits per heavy atom. The predicted octanol–water partition coefficient (Wildman–Crippen LogP) is 29.6. The molecule has 0 heterocycles. The SMILES string of the molecule is CCCCCCCCCCCCCCCCCCCCCCCCCCCCCCCCCCCCCCCCCC(=O)OC(COC(=O)CCCCCCCCCCCCCCCCCCCCCCCCCCCCCCCCCCCCCC)COP(=O)(O)OCCN. The van der Waals surface area contributed by atoms with Gasteiger partial charge in [-0.15, -0.1) is 0 Å². The Hall–Kier alpha value is -0.990. The van der Waals surface area contributed by atoms with Gasteiger partial charge >= 0.3 is 19.8 Å². The molecule has 0 saturated carbocycles. The van der Waals surface area contributed by atoms with Crippen molar-refractivity contribution in [2.24, 2.45) is 5.73 Å². The monoisotopic (exact) mass is 1380 g/mol. The molecule has 0 aromatic heterocycles. The van der Waals surface area contributed by atoms with E-state index >= 15 is 0 Å². The van der Waals surface area contributed by atoms with Crippen LogP contribution in [0.5, 0.6) is 0 Å². The number of esters is 2. The molecule has 0 amide bonds. The molecular formula is C86H172NO8P. The Morgan fingerprint density at radius 3 is 0.635 bits per heavy atom. The highest BCUT2D eigenvalue weighted by atomic mass is 31.2. The van der Waals surface area contributed by atoms with Gasteiger partial charge in [0.1, 0.15) is 6.61 Å². The zero-order chi connectivity index (χ0) is 69.3. The highest BCUT2D eigenvalue weighted by Crippen LogP contribution is 2.43. The van der Waals surface area contributed by atoms with Crippen molar-refractivity contribution in [2.45, 2.75) is 514 Å². The first kappa shape index (κ1) is 95.0. The zero-order valence-corrected chi connectivity index (χ0v) is 66.1. The van der Waals surface area contributed by atoms with E-state index in [1.165, 1.54) is 443 Å². The Balaban J connectivity index is 3.68.